The Hall–Kier alpha value is -3.19. The van der Waals surface area contributed by atoms with Crippen LogP contribution in [0.5, 0.6) is 5.75 Å². The zero-order valence-electron chi connectivity index (χ0n) is 19.9. The predicted octanol–water partition coefficient (Wildman–Crippen LogP) is 4.30. The van der Waals surface area contributed by atoms with Gasteiger partial charge in [0.1, 0.15) is 23.4 Å². The first-order valence-electron chi connectivity index (χ1n) is 11.9. The molecule has 0 bridgehead atoms. The van der Waals surface area contributed by atoms with Gasteiger partial charge in [-0.25, -0.2) is 4.39 Å². The molecule has 2 aromatic rings. The van der Waals surface area contributed by atoms with E-state index in [0.717, 1.165) is 30.9 Å². The van der Waals surface area contributed by atoms with E-state index in [2.05, 4.69) is 18.7 Å². The number of amides is 1. The Morgan fingerprint density at radius 2 is 1.85 bits per heavy atom. The summed E-state index contributed by atoms with van der Waals surface area (Å²) in [5.74, 6) is -1.24. The zero-order valence-corrected chi connectivity index (χ0v) is 19.9. The molecule has 2 heterocycles. The molecule has 4 rings (SSSR count). The number of ketones is 1. The fourth-order valence-electron chi connectivity index (χ4n) is 4.83. The van der Waals surface area contributed by atoms with Crippen LogP contribution in [0.3, 0.4) is 0 Å². The number of nitrogens with zero attached hydrogens (tertiary/aromatic N) is 2. The molecule has 1 N–H and O–H groups in total. The SMILES string of the molecule is CCN(CC)CCCN1C(=O)C(=O)/C(=C(/O)c2ccc3c(c2)CC(C)O3)C1c1ccc(F)cc1. The summed E-state index contributed by atoms with van der Waals surface area (Å²) in [6.45, 7) is 9.07. The summed E-state index contributed by atoms with van der Waals surface area (Å²) in [7, 11) is 0. The summed E-state index contributed by atoms with van der Waals surface area (Å²) in [5.41, 5.74) is 2.03. The predicted molar refractivity (Wildman–Crippen MR) is 128 cm³/mol. The van der Waals surface area contributed by atoms with Crippen LogP contribution in [0.25, 0.3) is 5.76 Å². The number of aliphatic hydroxyl groups excluding tert-OH is 1. The van der Waals surface area contributed by atoms with Crippen molar-refractivity contribution < 1.29 is 23.8 Å². The number of hydrogen-bond acceptors (Lipinski definition) is 5. The number of benzene rings is 2. The van der Waals surface area contributed by atoms with Crippen LogP contribution in [-0.2, 0) is 16.0 Å². The van der Waals surface area contributed by atoms with Gasteiger partial charge < -0.3 is 19.6 Å². The Balaban J connectivity index is 1.72. The fraction of sp³-hybridized carbons (Fsp3) is 0.407. The van der Waals surface area contributed by atoms with E-state index in [9.17, 15) is 19.1 Å². The average Bonchev–Trinajstić information content (AvgIpc) is 3.32. The molecule has 2 atom stereocenters. The molecular formula is C27H31FN2O4. The van der Waals surface area contributed by atoms with Gasteiger partial charge in [0.2, 0.25) is 0 Å². The van der Waals surface area contributed by atoms with E-state index in [-0.39, 0.29) is 17.4 Å². The first kappa shape index (κ1) is 24.0. The van der Waals surface area contributed by atoms with E-state index < -0.39 is 23.5 Å². The molecule has 2 aliphatic heterocycles. The summed E-state index contributed by atoms with van der Waals surface area (Å²) >= 11 is 0. The number of ether oxygens (including phenoxy) is 1. The molecule has 2 aliphatic rings. The molecule has 0 radical (unpaired) electrons. The normalized spacial score (nSPS) is 21.3. The van der Waals surface area contributed by atoms with Crippen molar-refractivity contribution in [2.45, 2.75) is 45.8 Å². The number of halogens is 1. The third-order valence-electron chi connectivity index (χ3n) is 6.66. The van der Waals surface area contributed by atoms with Crippen molar-refractivity contribution in [2.75, 3.05) is 26.2 Å². The number of carbonyl (C=O) groups excluding carboxylic acids is 2. The van der Waals surface area contributed by atoms with Gasteiger partial charge >= 0.3 is 0 Å². The van der Waals surface area contributed by atoms with Gasteiger partial charge in [0.15, 0.2) is 0 Å². The van der Waals surface area contributed by atoms with Crippen molar-refractivity contribution in [3.63, 3.8) is 0 Å². The van der Waals surface area contributed by atoms with Crippen molar-refractivity contribution in [3.05, 3.63) is 70.5 Å². The third-order valence-corrected chi connectivity index (χ3v) is 6.66. The Morgan fingerprint density at radius 3 is 2.53 bits per heavy atom. The number of hydrogen-bond donors (Lipinski definition) is 1. The van der Waals surface area contributed by atoms with E-state index in [1.54, 1.807) is 24.3 Å². The monoisotopic (exact) mass is 466 g/mol. The van der Waals surface area contributed by atoms with Gasteiger partial charge in [0.05, 0.1) is 11.6 Å². The number of aliphatic hydroxyl groups is 1. The average molecular weight is 467 g/mol. The van der Waals surface area contributed by atoms with Crippen LogP contribution >= 0.6 is 0 Å². The molecule has 0 aliphatic carbocycles. The third kappa shape index (κ3) is 4.57. The van der Waals surface area contributed by atoms with Gasteiger partial charge in [-0.3, -0.25) is 9.59 Å². The molecule has 0 saturated carbocycles. The van der Waals surface area contributed by atoms with Gasteiger partial charge in [-0.2, -0.15) is 0 Å². The molecule has 34 heavy (non-hydrogen) atoms. The van der Waals surface area contributed by atoms with E-state index >= 15 is 0 Å². The summed E-state index contributed by atoms with van der Waals surface area (Å²) in [4.78, 5) is 30.0. The standard InChI is InChI=1S/C27H31FN2O4/c1-4-29(5-2)13-6-14-30-24(18-7-10-21(28)11-8-18)23(26(32)27(30)33)25(31)19-9-12-22-20(16-19)15-17(3)34-22/h7-12,16-17,24,31H,4-6,13-15H2,1-3H3/b25-23+. The van der Waals surface area contributed by atoms with Crippen LogP contribution in [-0.4, -0.2) is 58.9 Å². The lowest BCUT2D eigenvalue weighted by molar-refractivity contribution is -0.140. The van der Waals surface area contributed by atoms with Crippen molar-refractivity contribution in [2.24, 2.45) is 0 Å². The van der Waals surface area contributed by atoms with Crippen molar-refractivity contribution in [3.8, 4) is 5.75 Å². The van der Waals surface area contributed by atoms with E-state index in [1.807, 2.05) is 13.0 Å². The number of fused-ring (bicyclic) bond motifs is 1. The minimum Gasteiger partial charge on any atom is -0.507 e. The highest BCUT2D eigenvalue weighted by molar-refractivity contribution is 6.46. The highest BCUT2D eigenvalue weighted by Crippen LogP contribution is 2.40. The molecular weight excluding hydrogens is 435 g/mol. The number of carbonyl (C=O) groups is 2. The van der Waals surface area contributed by atoms with Crippen LogP contribution in [0.4, 0.5) is 4.39 Å². The smallest absolute Gasteiger partial charge is 0.295 e. The van der Waals surface area contributed by atoms with Crippen LogP contribution in [0.2, 0.25) is 0 Å². The highest BCUT2D eigenvalue weighted by Gasteiger charge is 2.45. The van der Waals surface area contributed by atoms with Crippen molar-refractivity contribution in [1.82, 2.24) is 9.80 Å². The van der Waals surface area contributed by atoms with Gasteiger partial charge in [-0.1, -0.05) is 26.0 Å². The van der Waals surface area contributed by atoms with Crippen LogP contribution in [0.1, 0.15) is 49.9 Å². The summed E-state index contributed by atoms with van der Waals surface area (Å²) in [6, 6.07) is 10.2. The van der Waals surface area contributed by atoms with Crippen LogP contribution in [0, 0.1) is 5.82 Å². The minimum atomic E-state index is -0.777. The van der Waals surface area contributed by atoms with E-state index in [4.69, 9.17) is 4.74 Å². The zero-order chi connectivity index (χ0) is 24.4. The van der Waals surface area contributed by atoms with Gasteiger partial charge in [0.25, 0.3) is 11.7 Å². The number of rotatable bonds is 8. The Kier molecular flexibility index (Phi) is 7.03. The second kappa shape index (κ2) is 9.97. The van der Waals surface area contributed by atoms with Gasteiger partial charge in [0, 0.05) is 18.5 Å². The molecule has 180 valence electrons. The molecule has 2 unspecified atom stereocenters. The lowest BCUT2D eigenvalue weighted by atomic mass is 9.94. The minimum absolute atomic E-state index is 0.0337. The molecule has 2 aromatic carbocycles. The molecule has 0 aromatic heterocycles. The Morgan fingerprint density at radius 1 is 1.15 bits per heavy atom. The largest absolute Gasteiger partial charge is 0.507 e. The number of Topliss-reactive ketones (excluding diaryl/α,β-unsaturated/α-hetero) is 1. The number of likely N-dealkylation sites (tertiary alicyclic amines) is 1. The second-order valence-electron chi connectivity index (χ2n) is 8.88. The maximum Gasteiger partial charge on any atom is 0.295 e. The summed E-state index contributed by atoms with van der Waals surface area (Å²) in [6.07, 6.45) is 1.43. The summed E-state index contributed by atoms with van der Waals surface area (Å²) < 4.78 is 19.4. The van der Waals surface area contributed by atoms with Gasteiger partial charge in [-0.15, -0.1) is 0 Å². The molecule has 1 amide bonds. The maximum atomic E-state index is 13.6. The summed E-state index contributed by atoms with van der Waals surface area (Å²) in [5, 5.41) is 11.3. The lowest BCUT2D eigenvalue weighted by Crippen LogP contribution is -2.33. The quantitative estimate of drug-likeness (QED) is 0.357. The van der Waals surface area contributed by atoms with E-state index in [0.29, 0.717) is 30.5 Å². The molecule has 1 saturated heterocycles. The topological polar surface area (TPSA) is 70.1 Å². The van der Waals surface area contributed by atoms with Crippen molar-refractivity contribution >= 4 is 17.4 Å². The van der Waals surface area contributed by atoms with Crippen LogP contribution < -0.4 is 4.74 Å². The fourth-order valence-corrected chi connectivity index (χ4v) is 4.83. The van der Waals surface area contributed by atoms with Gasteiger partial charge in [-0.05, 0) is 74.4 Å². The molecule has 6 nitrogen and oxygen atoms in total. The first-order chi connectivity index (χ1) is 16.3. The first-order valence-corrected chi connectivity index (χ1v) is 11.9. The van der Waals surface area contributed by atoms with E-state index in [1.165, 1.54) is 17.0 Å². The highest BCUT2D eigenvalue weighted by atomic mass is 19.1. The Labute approximate surface area is 199 Å². The van der Waals surface area contributed by atoms with Crippen LogP contribution in [0.15, 0.2) is 48.0 Å². The second-order valence-corrected chi connectivity index (χ2v) is 8.88. The van der Waals surface area contributed by atoms with Crippen molar-refractivity contribution in [1.29, 1.82) is 0 Å². The maximum absolute atomic E-state index is 13.6. The lowest BCUT2D eigenvalue weighted by Gasteiger charge is -2.26. The molecule has 0 spiro atoms. The molecule has 7 heteroatoms. The Bertz CT molecular complexity index is 1110. The molecule has 1 fully saturated rings.